The maximum Gasteiger partial charge on any atom is 0.168 e. The molecule has 24 heavy (non-hydrogen) atoms. The van der Waals surface area contributed by atoms with E-state index >= 15 is 0 Å². The number of aromatic nitrogens is 4. The summed E-state index contributed by atoms with van der Waals surface area (Å²) in [7, 11) is 0. The molecule has 6 nitrogen and oxygen atoms in total. The van der Waals surface area contributed by atoms with Crippen molar-refractivity contribution >= 4 is 16.9 Å². The Kier molecular flexibility index (Phi) is 4.13. The van der Waals surface area contributed by atoms with Crippen molar-refractivity contribution < 1.29 is 4.74 Å². The Hall–Kier alpha value is -2.47. The smallest absolute Gasteiger partial charge is 0.168 e. The number of piperidine rings is 1. The number of fused-ring (bicyclic) bond motifs is 1. The zero-order chi connectivity index (χ0) is 16.4. The molecule has 1 aromatic carbocycles. The van der Waals surface area contributed by atoms with Crippen molar-refractivity contribution in [2.75, 3.05) is 24.6 Å². The Morgan fingerprint density at radius 3 is 2.92 bits per heavy atom. The Morgan fingerprint density at radius 1 is 1.21 bits per heavy atom. The highest BCUT2D eigenvalue weighted by Gasteiger charge is 2.23. The average molecular weight is 323 g/mol. The predicted octanol–water partition coefficient (Wildman–Crippen LogP) is 2.82. The summed E-state index contributed by atoms with van der Waals surface area (Å²) in [6.45, 7) is 4.66. The van der Waals surface area contributed by atoms with Crippen molar-refractivity contribution in [1.29, 1.82) is 0 Å². The van der Waals surface area contributed by atoms with Gasteiger partial charge in [-0.15, -0.1) is 0 Å². The van der Waals surface area contributed by atoms with Crippen LogP contribution in [-0.4, -0.2) is 45.5 Å². The molecule has 0 amide bonds. The third kappa shape index (κ3) is 2.73. The standard InChI is InChI=1S/C18H21N5O/c1-2-24-15-9-6-10-22(12-15)17-16-11-21-23(18(16)20-13-19-17)14-7-4-3-5-8-14/h3-5,7-8,11,13,15H,2,6,9-10,12H2,1H3/t15-/m1/s1. The fraction of sp³-hybridized carbons (Fsp3) is 0.389. The molecule has 1 atom stereocenters. The van der Waals surface area contributed by atoms with Gasteiger partial charge in [-0.2, -0.15) is 5.10 Å². The molecule has 0 spiro atoms. The molecule has 0 radical (unpaired) electrons. The number of hydrogen-bond donors (Lipinski definition) is 0. The Balaban J connectivity index is 1.71. The Labute approximate surface area is 141 Å². The molecule has 0 unspecified atom stereocenters. The highest BCUT2D eigenvalue weighted by molar-refractivity contribution is 5.87. The predicted molar refractivity (Wildman–Crippen MR) is 93.5 cm³/mol. The van der Waals surface area contributed by atoms with Crippen LogP contribution in [0.4, 0.5) is 5.82 Å². The minimum Gasteiger partial charge on any atom is -0.377 e. The lowest BCUT2D eigenvalue weighted by molar-refractivity contribution is 0.0525. The van der Waals surface area contributed by atoms with Gasteiger partial charge in [-0.25, -0.2) is 14.6 Å². The van der Waals surface area contributed by atoms with Crippen LogP contribution in [0.25, 0.3) is 16.7 Å². The summed E-state index contributed by atoms with van der Waals surface area (Å²) in [5, 5.41) is 5.52. The van der Waals surface area contributed by atoms with E-state index in [0.29, 0.717) is 0 Å². The molecular formula is C18H21N5O. The molecule has 1 fully saturated rings. The molecule has 0 aliphatic carbocycles. The molecule has 3 aromatic rings. The molecule has 4 rings (SSSR count). The minimum absolute atomic E-state index is 0.276. The number of para-hydroxylation sites is 1. The average Bonchev–Trinajstić information content (AvgIpc) is 3.07. The number of nitrogens with zero attached hydrogens (tertiary/aromatic N) is 5. The van der Waals surface area contributed by atoms with Crippen LogP contribution in [0, 0.1) is 0 Å². The summed E-state index contributed by atoms with van der Waals surface area (Å²) in [4.78, 5) is 11.3. The molecule has 3 heterocycles. The molecule has 1 saturated heterocycles. The lowest BCUT2D eigenvalue weighted by Gasteiger charge is -2.33. The van der Waals surface area contributed by atoms with Crippen molar-refractivity contribution in [3.63, 3.8) is 0 Å². The van der Waals surface area contributed by atoms with Crippen LogP contribution in [0.5, 0.6) is 0 Å². The van der Waals surface area contributed by atoms with Gasteiger partial charge in [0.1, 0.15) is 12.1 Å². The zero-order valence-electron chi connectivity index (χ0n) is 13.8. The van der Waals surface area contributed by atoms with Gasteiger partial charge in [-0.1, -0.05) is 18.2 Å². The Bertz CT molecular complexity index is 815. The highest BCUT2D eigenvalue weighted by atomic mass is 16.5. The van der Waals surface area contributed by atoms with Gasteiger partial charge >= 0.3 is 0 Å². The highest BCUT2D eigenvalue weighted by Crippen LogP contribution is 2.27. The number of hydrogen-bond acceptors (Lipinski definition) is 5. The maximum atomic E-state index is 5.82. The van der Waals surface area contributed by atoms with E-state index in [1.54, 1.807) is 6.33 Å². The second-order valence-corrected chi connectivity index (χ2v) is 5.99. The van der Waals surface area contributed by atoms with Crippen molar-refractivity contribution in [3.05, 3.63) is 42.9 Å². The van der Waals surface area contributed by atoms with Gasteiger partial charge < -0.3 is 9.64 Å². The summed E-state index contributed by atoms with van der Waals surface area (Å²) in [6, 6.07) is 10.1. The van der Waals surface area contributed by atoms with E-state index in [4.69, 9.17) is 4.74 Å². The van der Waals surface area contributed by atoms with E-state index < -0.39 is 0 Å². The summed E-state index contributed by atoms with van der Waals surface area (Å²) in [5.74, 6) is 0.951. The molecule has 1 aliphatic heterocycles. The van der Waals surface area contributed by atoms with E-state index in [9.17, 15) is 0 Å². The van der Waals surface area contributed by atoms with Gasteiger partial charge in [-0.3, -0.25) is 0 Å². The van der Waals surface area contributed by atoms with Gasteiger partial charge in [0, 0.05) is 19.7 Å². The second-order valence-electron chi connectivity index (χ2n) is 5.99. The van der Waals surface area contributed by atoms with E-state index in [-0.39, 0.29) is 6.10 Å². The SMILES string of the molecule is CCO[C@@H]1CCCN(c2ncnc3c2cnn3-c2ccccc2)C1. The summed E-state index contributed by atoms with van der Waals surface area (Å²) in [6.07, 6.45) is 5.99. The van der Waals surface area contributed by atoms with E-state index in [1.807, 2.05) is 48.1 Å². The van der Waals surface area contributed by atoms with Crippen LogP contribution in [0.3, 0.4) is 0 Å². The monoisotopic (exact) mass is 323 g/mol. The second kappa shape index (κ2) is 6.57. The fourth-order valence-electron chi connectivity index (χ4n) is 3.34. The van der Waals surface area contributed by atoms with Crippen LogP contribution < -0.4 is 4.90 Å². The van der Waals surface area contributed by atoms with Crippen LogP contribution in [-0.2, 0) is 4.74 Å². The summed E-state index contributed by atoms with van der Waals surface area (Å²) < 4.78 is 7.68. The third-order valence-electron chi connectivity index (χ3n) is 4.43. The van der Waals surface area contributed by atoms with Gasteiger partial charge in [0.25, 0.3) is 0 Å². The van der Waals surface area contributed by atoms with Crippen molar-refractivity contribution in [2.24, 2.45) is 0 Å². The van der Waals surface area contributed by atoms with Crippen LogP contribution in [0.15, 0.2) is 42.9 Å². The van der Waals surface area contributed by atoms with Crippen LogP contribution in [0.1, 0.15) is 19.8 Å². The normalized spacial score (nSPS) is 18.2. The summed E-state index contributed by atoms with van der Waals surface area (Å²) >= 11 is 0. The number of ether oxygens (including phenoxy) is 1. The molecule has 1 aliphatic rings. The number of rotatable bonds is 4. The lowest BCUT2D eigenvalue weighted by atomic mass is 10.1. The molecule has 0 bridgehead atoms. The van der Waals surface area contributed by atoms with Gasteiger partial charge in [0.15, 0.2) is 5.65 Å². The molecule has 124 valence electrons. The zero-order valence-corrected chi connectivity index (χ0v) is 13.8. The fourth-order valence-corrected chi connectivity index (χ4v) is 3.34. The summed E-state index contributed by atoms with van der Waals surface area (Å²) in [5.41, 5.74) is 1.84. The first-order valence-corrected chi connectivity index (χ1v) is 8.47. The first-order chi connectivity index (χ1) is 11.9. The number of benzene rings is 1. The van der Waals surface area contributed by atoms with E-state index in [1.165, 1.54) is 0 Å². The van der Waals surface area contributed by atoms with Crippen LogP contribution in [0.2, 0.25) is 0 Å². The van der Waals surface area contributed by atoms with E-state index in [2.05, 4.69) is 20.0 Å². The quantitative estimate of drug-likeness (QED) is 0.739. The third-order valence-corrected chi connectivity index (χ3v) is 4.43. The van der Waals surface area contributed by atoms with Crippen molar-refractivity contribution in [2.45, 2.75) is 25.9 Å². The van der Waals surface area contributed by atoms with Gasteiger partial charge in [-0.05, 0) is 31.9 Å². The first kappa shape index (κ1) is 15.1. The van der Waals surface area contributed by atoms with Gasteiger partial charge in [0.2, 0.25) is 0 Å². The van der Waals surface area contributed by atoms with Crippen LogP contribution >= 0.6 is 0 Å². The molecule has 2 aromatic heterocycles. The molecule has 0 saturated carbocycles. The molecule has 0 N–H and O–H groups in total. The minimum atomic E-state index is 0.276. The maximum absolute atomic E-state index is 5.82. The number of anilines is 1. The largest absolute Gasteiger partial charge is 0.377 e. The molecule has 6 heteroatoms. The first-order valence-electron chi connectivity index (χ1n) is 8.47. The lowest BCUT2D eigenvalue weighted by Crippen LogP contribution is -2.40. The van der Waals surface area contributed by atoms with Crippen molar-refractivity contribution in [1.82, 2.24) is 19.7 Å². The Morgan fingerprint density at radius 2 is 2.08 bits per heavy atom. The van der Waals surface area contributed by atoms with E-state index in [0.717, 1.165) is 55.1 Å². The van der Waals surface area contributed by atoms with Gasteiger partial charge in [0.05, 0.1) is 23.4 Å². The topological polar surface area (TPSA) is 56.1 Å². The molecular weight excluding hydrogens is 302 g/mol. The van der Waals surface area contributed by atoms with Crippen molar-refractivity contribution in [3.8, 4) is 5.69 Å².